The van der Waals surface area contributed by atoms with Gasteiger partial charge in [-0.3, -0.25) is 0 Å². The summed E-state index contributed by atoms with van der Waals surface area (Å²) in [6, 6.07) is 12.1. The molecule has 0 aliphatic heterocycles. The normalized spacial score (nSPS) is 12.2. The van der Waals surface area contributed by atoms with Crippen LogP contribution in [0.3, 0.4) is 0 Å². The number of ether oxygens (including phenoxy) is 1. The minimum atomic E-state index is 0.0303. The van der Waals surface area contributed by atoms with Crippen LogP contribution < -0.4 is 10.1 Å². The molecule has 0 aliphatic carbocycles. The molecule has 0 heterocycles. The first kappa shape index (κ1) is 16.3. The van der Waals surface area contributed by atoms with Gasteiger partial charge in [-0.1, -0.05) is 33.6 Å². The fraction of sp³-hybridized carbons (Fsp3) is 0.294. The van der Waals surface area contributed by atoms with Gasteiger partial charge in [0, 0.05) is 15.1 Å². The Kier molecular flexibility index (Phi) is 5.68. The zero-order chi connectivity index (χ0) is 15.4. The zero-order valence-electron chi connectivity index (χ0n) is 12.4. The minimum Gasteiger partial charge on any atom is -0.494 e. The molecule has 1 atom stereocenters. The number of nitrogens with one attached hydrogen (secondary N) is 1. The van der Waals surface area contributed by atoms with Crippen molar-refractivity contribution in [3.63, 3.8) is 0 Å². The maximum atomic E-state index is 6.17. The largest absolute Gasteiger partial charge is 0.494 e. The van der Waals surface area contributed by atoms with E-state index in [1.165, 1.54) is 5.56 Å². The van der Waals surface area contributed by atoms with Gasteiger partial charge in [-0.2, -0.15) is 0 Å². The average Bonchev–Trinajstić information content (AvgIpc) is 2.46. The van der Waals surface area contributed by atoms with Gasteiger partial charge >= 0.3 is 0 Å². The molecule has 0 aliphatic rings. The van der Waals surface area contributed by atoms with Gasteiger partial charge in [0.1, 0.15) is 5.75 Å². The fourth-order valence-corrected chi connectivity index (χ4v) is 2.99. The molecule has 112 valence electrons. The molecule has 4 heteroatoms. The van der Waals surface area contributed by atoms with Gasteiger partial charge in [-0.25, -0.2) is 0 Å². The predicted octanol–water partition coefficient (Wildman–Crippen LogP) is 5.12. The number of halogens is 2. The van der Waals surface area contributed by atoms with E-state index in [1.807, 2.05) is 44.3 Å². The van der Waals surface area contributed by atoms with Crippen molar-refractivity contribution in [1.82, 2.24) is 5.32 Å². The SMILES string of the molecule is CCOc1ccc(Br)cc1C(NC)c1cc(Cl)ccc1C. The zero-order valence-corrected chi connectivity index (χ0v) is 14.8. The Morgan fingerprint density at radius 3 is 2.62 bits per heavy atom. The van der Waals surface area contributed by atoms with Crippen LogP contribution in [0.15, 0.2) is 40.9 Å². The van der Waals surface area contributed by atoms with Crippen LogP contribution in [0.4, 0.5) is 0 Å². The standard InChI is InChI=1S/C17H19BrClNO/c1-4-21-16-8-6-12(18)9-15(16)17(20-3)14-10-13(19)7-5-11(14)2/h5-10,17,20H,4H2,1-3H3. The number of aryl methyl sites for hydroxylation is 1. The van der Waals surface area contributed by atoms with E-state index < -0.39 is 0 Å². The lowest BCUT2D eigenvalue weighted by Crippen LogP contribution is -2.19. The van der Waals surface area contributed by atoms with E-state index >= 15 is 0 Å². The van der Waals surface area contributed by atoms with Crippen LogP contribution in [0.1, 0.15) is 29.7 Å². The molecule has 1 unspecified atom stereocenters. The van der Waals surface area contributed by atoms with Crippen molar-refractivity contribution in [2.75, 3.05) is 13.7 Å². The summed E-state index contributed by atoms with van der Waals surface area (Å²) >= 11 is 9.71. The molecule has 2 aromatic carbocycles. The highest BCUT2D eigenvalue weighted by Gasteiger charge is 2.19. The van der Waals surface area contributed by atoms with Crippen LogP contribution >= 0.6 is 27.5 Å². The molecule has 21 heavy (non-hydrogen) atoms. The van der Waals surface area contributed by atoms with Crippen LogP contribution in [-0.2, 0) is 0 Å². The lowest BCUT2D eigenvalue weighted by atomic mass is 9.94. The topological polar surface area (TPSA) is 21.3 Å². The molecule has 0 saturated carbocycles. The highest BCUT2D eigenvalue weighted by molar-refractivity contribution is 9.10. The van der Waals surface area contributed by atoms with Gasteiger partial charge in [-0.15, -0.1) is 0 Å². The first-order valence-corrected chi connectivity index (χ1v) is 8.09. The third-order valence-corrected chi connectivity index (χ3v) is 4.15. The van der Waals surface area contributed by atoms with E-state index in [1.54, 1.807) is 0 Å². The fourth-order valence-electron chi connectivity index (χ4n) is 2.43. The van der Waals surface area contributed by atoms with Crippen molar-refractivity contribution in [3.05, 3.63) is 62.6 Å². The van der Waals surface area contributed by atoms with E-state index in [-0.39, 0.29) is 6.04 Å². The maximum Gasteiger partial charge on any atom is 0.124 e. The molecule has 0 bridgehead atoms. The summed E-state index contributed by atoms with van der Waals surface area (Å²) in [4.78, 5) is 0. The lowest BCUT2D eigenvalue weighted by molar-refractivity contribution is 0.334. The molecule has 1 N–H and O–H groups in total. The van der Waals surface area contributed by atoms with Crippen LogP contribution in [-0.4, -0.2) is 13.7 Å². The molecule has 0 radical (unpaired) electrons. The Morgan fingerprint density at radius 1 is 1.19 bits per heavy atom. The monoisotopic (exact) mass is 367 g/mol. The number of hydrogen-bond acceptors (Lipinski definition) is 2. The van der Waals surface area contributed by atoms with E-state index in [9.17, 15) is 0 Å². The molecule has 0 amide bonds. The summed E-state index contributed by atoms with van der Waals surface area (Å²) in [6.45, 7) is 4.72. The van der Waals surface area contributed by atoms with Gasteiger partial charge in [0.25, 0.3) is 0 Å². The Morgan fingerprint density at radius 2 is 1.95 bits per heavy atom. The second-order valence-corrected chi connectivity index (χ2v) is 6.19. The van der Waals surface area contributed by atoms with E-state index in [2.05, 4.69) is 34.2 Å². The van der Waals surface area contributed by atoms with Gasteiger partial charge < -0.3 is 10.1 Å². The second kappa shape index (κ2) is 7.30. The minimum absolute atomic E-state index is 0.0303. The molecule has 0 spiro atoms. The summed E-state index contributed by atoms with van der Waals surface area (Å²) in [7, 11) is 1.95. The Hall–Kier alpha value is -1.03. The van der Waals surface area contributed by atoms with Gasteiger partial charge in [0.15, 0.2) is 0 Å². The van der Waals surface area contributed by atoms with E-state index in [0.717, 1.165) is 26.4 Å². The molecule has 2 aromatic rings. The second-order valence-electron chi connectivity index (χ2n) is 4.84. The van der Waals surface area contributed by atoms with E-state index in [4.69, 9.17) is 16.3 Å². The highest BCUT2D eigenvalue weighted by Crippen LogP contribution is 2.34. The average molecular weight is 369 g/mol. The van der Waals surface area contributed by atoms with Crippen molar-refractivity contribution < 1.29 is 4.74 Å². The van der Waals surface area contributed by atoms with Crippen molar-refractivity contribution in [2.24, 2.45) is 0 Å². The molecule has 0 saturated heterocycles. The Bertz CT molecular complexity index is 630. The summed E-state index contributed by atoms with van der Waals surface area (Å²) in [6.07, 6.45) is 0. The lowest BCUT2D eigenvalue weighted by Gasteiger charge is -2.22. The van der Waals surface area contributed by atoms with Crippen LogP contribution in [0.5, 0.6) is 5.75 Å². The van der Waals surface area contributed by atoms with Crippen molar-refractivity contribution in [3.8, 4) is 5.75 Å². The maximum absolute atomic E-state index is 6.17. The summed E-state index contributed by atoms with van der Waals surface area (Å²) in [5, 5.41) is 4.11. The molecular weight excluding hydrogens is 350 g/mol. The Labute approximate surface area is 139 Å². The smallest absolute Gasteiger partial charge is 0.124 e. The quantitative estimate of drug-likeness (QED) is 0.791. The number of hydrogen-bond donors (Lipinski definition) is 1. The molecule has 0 fully saturated rings. The third kappa shape index (κ3) is 3.79. The first-order valence-electron chi connectivity index (χ1n) is 6.92. The summed E-state index contributed by atoms with van der Waals surface area (Å²) in [5.74, 6) is 0.888. The highest BCUT2D eigenvalue weighted by atomic mass is 79.9. The predicted molar refractivity (Wildman–Crippen MR) is 92.4 cm³/mol. The van der Waals surface area contributed by atoms with Crippen LogP contribution in [0.2, 0.25) is 5.02 Å². The van der Waals surface area contributed by atoms with Crippen molar-refractivity contribution in [2.45, 2.75) is 19.9 Å². The third-order valence-electron chi connectivity index (χ3n) is 3.42. The summed E-state index contributed by atoms with van der Waals surface area (Å²) in [5.41, 5.74) is 3.45. The van der Waals surface area contributed by atoms with Gasteiger partial charge in [-0.05, 0) is 62.4 Å². The summed E-state index contributed by atoms with van der Waals surface area (Å²) < 4.78 is 6.80. The molecular formula is C17H19BrClNO. The van der Waals surface area contributed by atoms with Crippen LogP contribution in [0.25, 0.3) is 0 Å². The molecule has 2 nitrogen and oxygen atoms in total. The number of benzene rings is 2. The Balaban J connectivity index is 2.55. The van der Waals surface area contributed by atoms with Crippen molar-refractivity contribution in [1.29, 1.82) is 0 Å². The van der Waals surface area contributed by atoms with Crippen molar-refractivity contribution >= 4 is 27.5 Å². The molecule has 2 rings (SSSR count). The molecule has 0 aromatic heterocycles. The number of rotatable bonds is 5. The first-order chi connectivity index (χ1) is 10.1. The van der Waals surface area contributed by atoms with Crippen LogP contribution in [0, 0.1) is 6.92 Å². The van der Waals surface area contributed by atoms with Gasteiger partial charge in [0.2, 0.25) is 0 Å². The van der Waals surface area contributed by atoms with Gasteiger partial charge in [0.05, 0.1) is 12.6 Å². The van der Waals surface area contributed by atoms with E-state index in [0.29, 0.717) is 6.61 Å².